The highest BCUT2D eigenvalue weighted by molar-refractivity contribution is 5.96. The molecule has 1 aliphatic carbocycles. The maximum Gasteiger partial charge on any atom is 0.270 e. The molecule has 1 saturated heterocycles. The Kier molecular flexibility index (Phi) is 6.59. The fraction of sp³-hybridized carbons (Fsp3) is 0.444. The molecule has 7 nitrogen and oxygen atoms in total. The van der Waals surface area contributed by atoms with Gasteiger partial charge in [-0.25, -0.2) is 4.98 Å². The highest BCUT2D eigenvalue weighted by atomic mass is 16.3. The minimum Gasteiger partial charge on any atom is -0.391 e. The van der Waals surface area contributed by atoms with E-state index >= 15 is 0 Å². The monoisotopic (exact) mass is 459 g/mol. The van der Waals surface area contributed by atoms with E-state index in [0.717, 1.165) is 80.3 Å². The number of hydrogen-bond acceptors (Lipinski definition) is 6. The van der Waals surface area contributed by atoms with Crippen LogP contribution in [-0.2, 0) is 12.1 Å². The van der Waals surface area contributed by atoms with E-state index in [1.165, 1.54) is 0 Å². The summed E-state index contributed by atoms with van der Waals surface area (Å²) in [5.74, 6) is -0.215. The minimum atomic E-state index is -0.485. The number of para-hydroxylation sites is 1. The number of carbonyl (C=O) groups excluding carboxylic acids is 1. The average molecular weight is 460 g/mol. The smallest absolute Gasteiger partial charge is 0.270 e. The lowest BCUT2D eigenvalue weighted by Gasteiger charge is -2.39. The van der Waals surface area contributed by atoms with Gasteiger partial charge in [0.05, 0.1) is 28.9 Å². The topological polar surface area (TPSA) is 104 Å². The number of aliphatic hydroxyl groups is 1. The molecule has 0 radical (unpaired) electrons. The van der Waals surface area contributed by atoms with Crippen molar-refractivity contribution >= 4 is 16.8 Å². The molecule has 0 unspecified atom stereocenters. The first kappa shape index (κ1) is 22.9. The van der Waals surface area contributed by atoms with E-state index in [1.54, 1.807) is 6.20 Å². The molecular weight excluding hydrogens is 426 g/mol. The molecule has 5 rings (SSSR count). The predicted octanol–water partition coefficient (Wildman–Crippen LogP) is 3.11. The lowest BCUT2D eigenvalue weighted by atomic mass is 9.85. The standard InChI is InChI=1S/C27H33N5O2/c28-27(25-11-5-6-14-29-25)12-15-32(16-13-27)18-19-17-23(30-21-8-2-1-7-20(19)21)26(34)31-22-9-3-4-10-24(22)33/h1-2,5-8,11,14,17,22,24,33H,3-4,9-10,12-13,15-16,18,28H2,(H,31,34)/t22-,24-/m0/s1. The third-order valence-electron chi connectivity index (χ3n) is 7.40. The molecule has 7 heteroatoms. The van der Waals surface area contributed by atoms with Crippen molar-refractivity contribution in [3.05, 3.63) is 71.7 Å². The van der Waals surface area contributed by atoms with E-state index in [4.69, 9.17) is 5.73 Å². The van der Waals surface area contributed by atoms with Gasteiger partial charge in [0.2, 0.25) is 0 Å². The zero-order valence-corrected chi connectivity index (χ0v) is 19.5. The number of nitrogens with two attached hydrogens (primary N) is 1. The van der Waals surface area contributed by atoms with E-state index in [1.807, 2.05) is 42.5 Å². The molecule has 1 amide bonds. The van der Waals surface area contributed by atoms with Crippen LogP contribution in [0.15, 0.2) is 54.7 Å². The van der Waals surface area contributed by atoms with E-state index < -0.39 is 11.6 Å². The molecule has 1 saturated carbocycles. The maximum atomic E-state index is 13.1. The van der Waals surface area contributed by atoms with Crippen LogP contribution in [0.1, 0.15) is 60.3 Å². The zero-order valence-electron chi connectivity index (χ0n) is 19.5. The molecule has 3 aromatic rings. The highest BCUT2D eigenvalue weighted by Crippen LogP contribution is 2.30. The number of likely N-dealkylation sites (tertiary alicyclic amines) is 1. The second kappa shape index (κ2) is 9.78. The fourth-order valence-corrected chi connectivity index (χ4v) is 5.28. The number of nitrogens with zero attached hydrogens (tertiary/aromatic N) is 3. The SMILES string of the molecule is NC1(c2ccccn2)CCN(Cc2cc(C(=O)N[C@H]3CCCC[C@@H]3O)nc3ccccc23)CC1. The number of carbonyl (C=O) groups is 1. The first-order valence-corrected chi connectivity index (χ1v) is 12.3. The van der Waals surface area contributed by atoms with Gasteiger partial charge in [-0.05, 0) is 55.5 Å². The second-order valence-electron chi connectivity index (χ2n) is 9.76. The summed E-state index contributed by atoms with van der Waals surface area (Å²) in [5, 5.41) is 14.4. The lowest BCUT2D eigenvalue weighted by Crippen LogP contribution is -2.48. The third-order valence-corrected chi connectivity index (χ3v) is 7.40. The van der Waals surface area contributed by atoms with Crippen LogP contribution in [0.2, 0.25) is 0 Å². The van der Waals surface area contributed by atoms with Crippen LogP contribution in [0.25, 0.3) is 10.9 Å². The van der Waals surface area contributed by atoms with Crippen LogP contribution >= 0.6 is 0 Å². The third kappa shape index (κ3) is 4.82. The van der Waals surface area contributed by atoms with Crippen molar-refractivity contribution in [2.24, 2.45) is 5.73 Å². The summed E-state index contributed by atoms with van der Waals surface area (Å²) in [4.78, 5) is 24.6. The number of amides is 1. The van der Waals surface area contributed by atoms with Crippen LogP contribution in [0, 0.1) is 0 Å². The molecule has 1 aliphatic heterocycles. The fourth-order valence-electron chi connectivity index (χ4n) is 5.28. The van der Waals surface area contributed by atoms with Gasteiger partial charge in [-0.2, -0.15) is 0 Å². The molecule has 2 fully saturated rings. The van der Waals surface area contributed by atoms with Crippen molar-refractivity contribution < 1.29 is 9.90 Å². The van der Waals surface area contributed by atoms with Gasteiger partial charge >= 0.3 is 0 Å². The Morgan fingerprint density at radius 1 is 1.12 bits per heavy atom. The first-order valence-electron chi connectivity index (χ1n) is 12.3. The maximum absolute atomic E-state index is 13.1. The number of fused-ring (bicyclic) bond motifs is 1. The molecule has 2 atom stereocenters. The molecular formula is C27H33N5O2. The minimum absolute atomic E-state index is 0.204. The van der Waals surface area contributed by atoms with Crippen molar-refractivity contribution in [1.82, 2.24) is 20.2 Å². The van der Waals surface area contributed by atoms with Gasteiger partial charge in [0.1, 0.15) is 5.69 Å². The van der Waals surface area contributed by atoms with Crippen molar-refractivity contribution in [1.29, 1.82) is 0 Å². The molecule has 0 bridgehead atoms. The van der Waals surface area contributed by atoms with Crippen LogP contribution in [0.5, 0.6) is 0 Å². The molecule has 34 heavy (non-hydrogen) atoms. The molecule has 2 aromatic heterocycles. The van der Waals surface area contributed by atoms with Crippen molar-refractivity contribution in [3.8, 4) is 0 Å². The lowest BCUT2D eigenvalue weighted by molar-refractivity contribution is 0.0714. The Labute approximate surface area is 200 Å². The molecule has 1 aromatic carbocycles. The van der Waals surface area contributed by atoms with Gasteiger partial charge in [0.15, 0.2) is 0 Å². The number of piperidine rings is 1. The van der Waals surface area contributed by atoms with Gasteiger partial charge in [-0.15, -0.1) is 0 Å². The number of aliphatic hydroxyl groups excluding tert-OH is 1. The number of hydrogen-bond donors (Lipinski definition) is 3. The largest absolute Gasteiger partial charge is 0.391 e. The number of benzene rings is 1. The van der Waals surface area contributed by atoms with Crippen molar-refractivity contribution in [3.63, 3.8) is 0 Å². The van der Waals surface area contributed by atoms with Crippen LogP contribution in [0.3, 0.4) is 0 Å². The number of pyridine rings is 2. The summed E-state index contributed by atoms with van der Waals surface area (Å²) in [6.45, 7) is 2.45. The Morgan fingerprint density at radius 3 is 2.65 bits per heavy atom. The van der Waals surface area contributed by atoms with Crippen LogP contribution < -0.4 is 11.1 Å². The van der Waals surface area contributed by atoms with Crippen LogP contribution in [0.4, 0.5) is 0 Å². The quantitative estimate of drug-likeness (QED) is 0.542. The summed E-state index contributed by atoms with van der Waals surface area (Å²) in [7, 11) is 0. The van der Waals surface area contributed by atoms with E-state index in [0.29, 0.717) is 5.69 Å². The van der Waals surface area contributed by atoms with Crippen molar-refractivity contribution in [2.75, 3.05) is 13.1 Å². The number of nitrogens with one attached hydrogen (secondary N) is 1. The Balaban J connectivity index is 1.33. The Bertz CT molecular complexity index is 1140. The molecule has 2 aliphatic rings. The molecule has 0 spiro atoms. The zero-order chi connectivity index (χ0) is 23.5. The van der Waals surface area contributed by atoms with E-state index in [2.05, 4.69) is 26.3 Å². The molecule has 3 heterocycles. The predicted molar refractivity (Wildman–Crippen MR) is 132 cm³/mol. The second-order valence-corrected chi connectivity index (χ2v) is 9.76. The first-order chi connectivity index (χ1) is 16.5. The van der Waals surface area contributed by atoms with E-state index in [9.17, 15) is 9.90 Å². The summed E-state index contributed by atoms with van der Waals surface area (Å²) in [6.07, 6.45) is 6.55. The van der Waals surface area contributed by atoms with Gasteiger partial charge < -0.3 is 16.2 Å². The van der Waals surface area contributed by atoms with Crippen molar-refractivity contribution in [2.45, 2.75) is 62.8 Å². The van der Waals surface area contributed by atoms with Gasteiger partial charge in [0.25, 0.3) is 5.91 Å². The number of rotatable bonds is 5. The summed E-state index contributed by atoms with van der Waals surface area (Å²) in [5.41, 5.74) is 9.58. The Morgan fingerprint density at radius 2 is 1.88 bits per heavy atom. The summed E-state index contributed by atoms with van der Waals surface area (Å²) >= 11 is 0. The van der Waals surface area contributed by atoms with Gasteiger partial charge in [0, 0.05) is 31.2 Å². The van der Waals surface area contributed by atoms with Gasteiger partial charge in [-0.3, -0.25) is 14.7 Å². The summed E-state index contributed by atoms with van der Waals surface area (Å²) in [6, 6.07) is 15.6. The van der Waals surface area contributed by atoms with Crippen LogP contribution in [-0.4, -0.2) is 51.1 Å². The molecule has 4 N–H and O–H groups in total. The highest BCUT2D eigenvalue weighted by Gasteiger charge is 2.33. The average Bonchev–Trinajstić information content (AvgIpc) is 2.87. The Hall–Kier alpha value is -2.87. The van der Waals surface area contributed by atoms with E-state index in [-0.39, 0.29) is 11.9 Å². The normalized spacial score (nSPS) is 23.0. The summed E-state index contributed by atoms with van der Waals surface area (Å²) < 4.78 is 0. The van der Waals surface area contributed by atoms with Gasteiger partial charge in [-0.1, -0.05) is 37.1 Å². The number of aromatic nitrogens is 2. The molecule has 178 valence electrons.